The van der Waals surface area contributed by atoms with Gasteiger partial charge >= 0.3 is 11.9 Å². The third-order valence-electron chi connectivity index (χ3n) is 4.89. The molecule has 0 aliphatic heterocycles. The van der Waals surface area contributed by atoms with Crippen LogP contribution in [0.5, 0.6) is 11.5 Å². The highest BCUT2D eigenvalue weighted by molar-refractivity contribution is 6.31. The number of ether oxygens (including phenoxy) is 2. The molecule has 0 amide bonds. The van der Waals surface area contributed by atoms with Gasteiger partial charge in [0.05, 0.1) is 0 Å². The fourth-order valence-corrected chi connectivity index (χ4v) is 3.06. The van der Waals surface area contributed by atoms with Crippen LogP contribution in [0.1, 0.15) is 79.0 Å². The van der Waals surface area contributed by atoms with Crippen molar-refractivity contribution < 1.29 is 19.1 Å². The molecule has 0 aliphatic carbocycles. The molecule has 0 unspecified atom stereocenters. The second-order valence-corrected chi connectivity index (χ2v) is 10.7. The minimum absolute atomic E-state index is 0.0746. The van der Waals surface area contributed by atoms with Crippen LogP contribution in [0.3, 0.4) is 0 Å². The Bertz CT molecular complexity index is 885. The van der Waals surface area contributed by atoms with Crippen molar-refractivity contribution in [3.8, 4) is 11.5 Å². The Labute approximate surface area is 180 Å². The molecule has 0 heterocycles. The first-order valence-corrected chi connectivity index (χ1v) is 10.3. The summed E-state index contributed by atoms with van der Waals surface area (Å²) >= 11 is 0. The van der Waals surface area contributed by atoms with Gasteiger partial charge in [-0.05, 0) is 33.9 Å². The standard InChI is InChI=1S/C26H34O4/c1-24(2,3)17-15-19(25(4,5)6)21(20(16-17)26(7,8)9)30-23(28)22(27)29-18-13-11-10-12-14-18/h10-16H,1-9H3. The van der Waals surface area contributed by atoms with E-state index >= 15 is 0 Å². The molecule has 2 aromatic rings. The molecule has 4 heteroatoms. The van der Waals surface area contributed by atoms with Gasteiger partial charge in [-0.25, -0.2) is 9.59 Å². The molecule has 0 radical (unpaired) electrons. The maximum Gasteiger partial charge on any atom is 0.423 e. The highest BCUT2D eigenvalue weighted by Gasteiger charge is 2.32. The van der Waals surface area contributed by atoms with E-state index in [9.17, 15) is 9.59 Å². The van der Waals surface area contributed by atoms with Gasteiger partial charge in [0.15, 0.2) is 0 Å². The summed E-state index contributed by atoms with van der Waals surface area (Å²) in [4.78, 5) is 25.0. The summed E-state index contributed by atoms with van der Waals surface area (Å²) in [6, 6.07) is 12.7. The Morgan fingerprint density at radius 3 is 1.47 bits per heavy atom. The van der Waals surface area contributed by atoms with Crippen LogP contribution in [0.25, 0.3) is 0 Å². The topological polar surface area (TPSA) is 52.6 Å². The molecule has 4 nitrogen and oxygen atoms in total. The minimum atomic E-state index is -1.04. The number of hydrogen-bond donors (Lipinski definition) is 0. The van der Waals surface area contributed by atoms with Gasteiger partial charge in [-0.3, -0.25) is 0 Å². The molecule has 0 saturated heterocycles. The predicted molar refractivity (Wildman–Crippen MR) is 120 cm³/mol. The van der Waals surface area contributed by atoms with E-state index in [2.05, 4.69) is 74.4 Å². The number of para-hydroxylation sites is 1. The number of benzene rings is 2. The quantitative estimate of drug-likeness (QED) is 0.341. The number of rotatable bonds is 2. The van der Waals surface area contributed by atoms with Crippen LogP contribution in [0, 0.1) is 0 Å². The Morgan fingerprint density at radius 2 is 1.07 bits per heavy atom. The molecule has 0 saturated carbocycles. The molecule has 0 atom stereocenters. The fraction of sp³-hybridized carbons (Fsp3) is 0.462. The van der Waals surface area contributed by atoms with Crippen LogP contribution in [0.2, 0.25) is 0 Å². The molecule has 0 fully saturated rings. The number of carbonyl (C=O) groups excluding carboxylic acids is 2. The molecule has 2 rings (SSSR count). The van der Waals surface area contributed by atoms with Crippen molar-refractivity contribution in [3.63, 3.8) is 0 Å². The summed E-state index contributed by atoms with van der Waals surface area (Å²) in [5, 5.41) is 0. The summed E-state index contributed by atoms with van der Waals surface area (Å²) in [7, 11) is 0. The Balaban J connectivity index is 2.54. The van der Waals surface area contributed by atoms with Crippen LogP contribution < -0.4 is 9.47 Å². The van der Waals surface area contributed by atoms with Crippen molar-refractivity contribution in [2.75, 3.05) is 0 Å². The van der Waals surface area contributed by atoms with Crippen LogP contribution in [0.4, 0.5) is 0 Å². The lowest BCUT2D eigenvalue weighted by Gasteiger charge is -2.32. The monoisotopic (exact) mass is 410 g/mol. The van der Waals surface area contributed by atoms with Gasteiger partial charge in [-0.2, -0.15) is 0 Å². The Kier molecular flexibility index (Phi) is 6.51. The third-order valence-corrected chi connectivity index (χ3v) is 4.89. The predicted octanol–water partition coefficient (Wildman–Crippen LogP) is 6.09. The van der Waals surface area contributed by atoms with Gasteiger partial charge < -0.3 is 9.47 Å². The van der Waals surface area contributed by atoms with Crippen molar-refractivity contribution in [3.05, 3.63) is 59.2 Å². The molecule has 0 aromatic heterocycles. The van der Waals surface area contributed by atoms with Gasteiger partial charge in [0, 0.05) is 11.1 Å². The van der Waals surface area contributed by atoms with E-state index in [1.807, 2.05) is 0 Å². The van der Waals surface area contributed by atoms with E-state index in [1.54, 1.807) is 30.3 Å². The van der Waals surface area contributed by atoms with Crippen LogP contribution in [-0.2, 0) is 25.8 Å². The molecule has 0 aliphatic rings. The first kappa shape index (κ1) is 23.7. The zero-order chi connectivity index (χ0) is 22.9. The average molecular weight is 411 g/mol. The van der Waals surface area contributed by atoms with Crippen LogP contribution in [-0.4, -0.2) is 11.9 Å². The normalized spacial score (nSPS) is 12.4. The highest BCUT2D eigenvalue weighted by Crippen LogP contribution is 2.43. The number of esters is 2. The highest BCUT2D eigenvalue weighted by atomic mass is 16.6. The van der Waals surface area contributed by atoms with Crippen molar-refractivity contribution in [1.82, 2.24) is 0 Å². The Morgan fingerprint density at radius 1 is 0.633 bits per heavy atom. The second kappa shape index (κ2) is 8.25. The van der Waals surface area contributed by atoms with Crippen molar-refractivity contribution in [2.45, 2.75) is 78.6 Å². The molecule has 30 heavy (non-hydrogen) atoms. The molecular formula is C26H34O4. The molecule has 0 spiro atoms. The molecular weight excluding hydrogens is 376 g/mol. The maximum absolute atomic E-state index is 12.7. The molecule has 0 bridgehead atoms. The fourth-order valence-electron chi connectivity index (χ4n) is 3.06. The van der Waals surface area contributed by atoms with Gasteiger partial charge in [0.25, 0.3) is 0 Å². The SMILES string of the molecule is CC(C)(C)c1cc(C(C)(C)C)c(OC(=O)C(=O)Oc2ccccc2)c(C(C)(C)C)c1. The largest absolute Gasteiger partial charge is 0.423 e. The van der Waals surface area contributed by atoms with E-state index in [1.165, 1.54) is 0 Å². The van der Waals surface area contributed by atoms with Gasteiger partial charge in [-0.1, -0.05) is 92.6 Å². The minimum Gasteiger partial charge on any atom is -0.418 e. The van der Waals surface area contributed by atoms with Crippen molar-refractivity contribution >= 4 is 11.9 Å². The third kappa shape index (κ3) is 5.71. The summed E-state index contributed by atoms with van der Waals surface area (Å²) in [5.41, 5.74) is 2.28. The zero-order valence-electron chi connectivity index (χ0n) is 19.7. The van der Waals surface area contributed by atoms with Gasteiger partial charge in [-0.15, -0.1) is 0 Å². The zero-order valence-corrected chi connectivity index (χ0v) is 19.7. The lowest BCUT2D eigenvalue weighted by molar-refractivity contribution is -0.156. The summed E-state index contributed by atoms with van der Waals surface area (Å²) in [6.07, 6.45) is 0. The first-order chi connectivity index (χ1) is 13.6. The van der Waals surface area contributed by atoms with Crippen molar-refractivity contribution in [1.29, 1.82) is 0 Å². The van der Waals surface area contributed by atoms with E-state index in [4.69, 9.17) is 9.47 Å². The summed E-state index contributed by atoms with van der Waals surface area (Å²) in [5.74, 6) is -1.33. The van der Waals surface area contributed by atoms with Crippen LogP contribution >= 0.6 is 0 Å². The van der Waals surface area contributed by atoms with E-state index in [-0.39, 0.29) is 16.2 Å². The average Bonchev–Trinajstić information content (AvgIpc) is 2.59. The van der Waals surface area contributed by atoms with E-state index < -0.39 is 11.9 Å². The second-order valence-electron chi connectivity index (χ2n) is 10.7. The molecule has 2 aromatic carbocycles. The number of carbonyl (C=O) groups is 2. The molecule has 162 valence electrons. The smallest absolute Gasteiger partial charge is 0.418 e. The molecule has 0 N–H and O–H groups in total. The number of hydrogen-bond acceptors (Lipinski definition) is 4. The summed E-state index contributed by atoms with van der Waals surface area (Å²) in [6.45, 7) is 18.9. The lowest BCUT2D eigenvalue weighted by Crippen LogP contribution is -2.29. The van der Waals surface area contributed by atoms with Gasteiger partial charge in [0.1, 0.15) is 11.5 Å². The van der Waals surface area contributed by atoms with E-state index in [0.29, 0.717) is 11.5 Å². The Hall–Kier alpha value is -2.62. The van der Waals surface area contributed by atoms with Gasteiger partial charge in [0.2, 0.25) is 0 Å². The summed E-state index contributed by atoms with van der Waals surface area (Å²) < 4.78 is 10.9. The van der Waals surface area contributed by atoms with Crippen molar-refractivity contribution in [2.24, 2.45) is 0 Å². The first-order valence-electron chi connectivity index (χ1n) is 10.3. The van der Waals surface area contributed by atoms with Crippen LogP contribution in [0.15, 0.2) is 42.5 Å². The van der Waals surface area contributed by atoms with E-state index in [0.717, 1.165) is 16.7 Å². The maximum atomic E-state index is 12.7. The lowest BCUT2D eigenvalue weighted by atomic mass is 9.74.